The summed E-state index contributed by atoms with van der Waals surface area (Å²) in [6.07, 6.45) is -1.25. The number of nitriles is 1. The number of rotatable bonds is 8. The Morgan fingerprint density at radius 1 is 1.26 bits per heavy atom. The molecule has 0 N–H and O–H groups in total. The number of ether oxygens (including phenoxy) is 2. The van der Waals surface area contributed by atoms with Crippen LogP contribution in [0.5, 0.6) is 0 Å². The molecule has 1 fully saturated rings. The summed E-state index contributed by atoms with van der Waals surface area (Å²) in [4.78, 5) is 52.0. The van der Waals surface area contributed by atoms with E-state index in [2.05, 4.69) is 0 Å². The Kier molecular flexibility index (Phi) is 7.57. The Morgan fingerprint density at radius 2 is 1.91 bits per heavy atom. The van der Waals surface area contributed by atoms with Gasteiger partial charge in [0.05, 0.1) is 35.2 Å². The molecule has 176 valence electrons. The lowest BCUT2D eigenvalue weighted by atomic mass is 10.1. The maximum atomic E-state index is 13.4. The van der Waals surface area contributed by atoms with Crippen LogP contribution < -0.4 is 4.90 Å². The van der Waals surface area contributed by atoms with Crippen molar-refractivity contribution in [3.05, 3.63) is 68.7 Å². The van der Waals surface area contributed by atoms with Crippen LogP contribution in [0, 0.1) is 21.4 Å². The lowest BCUT2D eigenvalue weighted by Gasteiger charge is -2.30. The molecule has 1 heterocycles. The minimum absolute atomic E-state index is 0.0980. The highest BCUT2D eigenvalue weighted by Crippen LogP contribution is 2.29. The highest BCUT2D eigenvalue weighted by molar-refractivity contribution is 6.32. The minimum Gasteiger partial charge on any atom is -0.354 e. The van der Waals surface area contributed by atoms with Crippen molar-refractivity contribution >= 4 is 40.7 Å². The molecule has 0 spiro atoms. The molecule has 12 heteroatoms. The number of nitro groups is 1. The fourth-order valence-electron chi connectivity index (χ4n) is 3.52. The number of halogens is 1. The number of imide groups is 1. The zero-order valence-electron chi connectivity index (χ0n) is 18.1. The van der Waals surface area contributed by atoms with Crippen molar-refractivity contribution in [3.63, 3.8) is 0 Å². The summed E-state index contributed by atoms with van der Waals surface area (Å²) in [6, 6.07) is 10.1. The van der Waals surface area contributed by atoms with E-state index in [4.69, 9.17) is 26.3 Å². The standard InChI is InChI=1S/C22H19ClN4O7/c1-33-20(34-2)12-25(21(29)14-5-8-16(23)17(9-14)27(31)32)18-10-19(28)26(22(18)30)15-6-3-13(11-24)4-7-15/h3-9,18,20H,10,12H2,1-2H3. The molecular weight excluding hydrogens is 468 g/mol. The van der Waals surface area contributed by atoms with E-state index < -0.39 is 40.7 Å². The smallest absolute Gasteiger partial charge is 0.288 e. The van der Waals surface area contributed by atoms with Crippen molar-refractivity contribution in [1.29, 1.82) is 5.26 Å². The van der Waals surface area contributed by atoms with Crippen LogP contribution in [-0.2, 0) is 19.1 Å². The molecule has 3 amide bonds. The molecule has 1 saturated heterocycles. The molecule has 0 bridgehead atoms. The lowest BCUT2D eigenvalue weighted by molar-refractivity contribution is -0.384. The third-order valence-electron chi connectivity index (χ3n) is 5.28. The second-order valence-corrected chi connectivity index (χ2v) is 7.63. The van der Waals surface area contributed by atoms with Crippen LogP contribution in [0.4, 0.5) is 11.4 Å². The fourth-order valence-corrected chi connectivity index (χ4v) is 3.71. The van der Waals surface area contributed by atoms with Crippen LogP contribution in [0.25, 0.3) is 0 Å². The van der Waals surface area contributed by atoms with Crippen LogP contribution >= 0.6 is 11.6 Å². The normalized spacial score (nSPS) is 15.5. The van der Waals surface area contributed by atoms with E-state index in [1.165, 1.54) is 50.6 Å². The van der Waals surface area contributed by atoms with Crippen molar-refractivity contribution in [3.8, 4) is 6.07 Å². The zero-order chi connectivity index (χ0) is 25.0. The average molecular weight is 487 g/mol. The SMILES string of the molecule is COC(CN(C(=O)c1ccc(Cl)c([N+](=O)[O-])c1)C1CC(=O)N(c2ccc(C#N)cc2)C1=O)OC. The van der Waals surface area contributed by atoms with Gasteiger partial charge < -0.3 is 14.4 Å². The highest BCUT2D eigenvalue weighted by atomic mass is 35.5. The number of carbonyl (C=O) groups is 3. The molecule has 34 heavy (non-hydrogen) atoms. The van der Waals surface area contributed by atoms with Crippen molar-refractivity contribution in [2.24, 2.45) is 0 Å². The Hall–Kier alpha value is -3.85. The average Bonchev–Trinajstić information content (AvgIpc) is 3.13. The Morgan fingerprint density at radius 3 is 2.47 bits per heavy atom. The molecule has 11 nitrogen and oxygen atoms in total. The van der Waals surface area contributed by atoms with E-state index in [9.17, 15) is 24.5 Å². The first-order valence-corrected chi connectivity index (χ1v) is 10.3. The van der Waals surface area contributed by atoms with Gasteiger partial charge in [-0.3, -0.25) is 24.5 Å². The molecule has 0 aromatic heterocycles. The first kappa shape index (κ1) is 24.8. The molecule has 0 saturated carbocycles. The second kappa shape index (κ2) is 10.4. The van der Waals surface area contributed by atoms with E-state index in [-0.39, 0.29) is 29.2 Å². The zero-order valence-corrected chi connectivity index (χ0v) is 18.9. The number of hydrogen-bond donors (Lipinski definition) is 0. The van der Waals surface area contributed by atoms with Crippen LogP contribution in [0.15, 0.2) is 42.5 Å². The Balaban J connectivity index is 1.98. The van der Waals surface area contributed by atoms with Gasteiger partial charge in [-0.1, -0.05) is 11.6 Å². The third-order valence-corrected chi connectivity index (χ3v) is 5.60. The number of hydrogen-bond acceptors (Lipinski definition) is 8. The van der Waals surface area contributed by atoms with Gasteiger partial charge in [-0.15, -0.1) is 0 Å². The molecule has 1 aliphatic rings. The molecule has 2 aromatic rings. The van der Waals surface area contributed by atoms with Crippen molar-refractivity contribution in [1.82, 2.24) is 4.90 Å². The number of nitro benzene ring substituents is 1. The van der Waals surface area contributed by atoms with Gasteiger partial charge >= 0.3 is 0 Å². The second-order valence-electron chi connectivity index (χ2n) is 7.23. The topological polar surface area (TPSA) is 143 Å². The van der Waals surface area contributed by atoms with Gasteiger partial charge in [0, 0.05) is 25.8 Å². The van der Waals surface area contributed by atoms with Crippen LogP contribution in [0.2, 0.25) is 5.02 Å². The first-order valence-electron chi connectivity index (χ1n) is 9.89. The number of anilines is 1. The Bertz CT molecular complexity index is 1170. The summed E-state index contributed by atoms with van der Waals surface area (Å²) < 4.78 is 10.3. The molecule has 2 aromatic carbocycles. The summed E-state index contributed by atoms with van der Waals surface area (Å²) in [6.45, 7) is -0.229. The molecule has 3 rings (SSSR count). The maximum absolute atomic E-state index is 13.4. The summed E-state index contributed by atoms with van der Waals surface area (Å²) in [5, 5.41) is 20.1. The van der Waals surface area contributed by atoms with E-state index in [0.717, 1.165) is 15.9 Å². The number of benzene rings is 2. The van der Waals surface area contributed by atoms with Crippen LogP contribution in [-0.4, -0.2) is 60.6 Å². The van der Waals surface area contributed by atoms with Gasteiger partial charge in [-0.25, -0.2) is 4.90 Å². The predicted octanol–water partition coefficient (Wildman–Crippen LogP) is 2.51. The lowest BCUT2D eigenvalue weighted by Crippen LogP contribution is -2.49. The number of nitrogens with zero attached hydrogens (tertiary/aromatic N) is 4. The molecule has 1 aliphatic heterocycles. The van der Waals surface area contributed by atoms with Crippen molar-refractivity contribution in [2.45, 2.75) is 18.8 Å². The molecular formula is C22H19ClN4O7. The largest absolute Gasteiger partial charge is 0.354 e. The van der Waals surface area contributed by atoms with Crippen LogP contribution in [0.1, 0.15) is 22.3 Å². The molecule has 0 aliphatic carbocycles. The van der Waals surface area contributed by atoms with Crippen molar-refractivity contribution < 1.29 is 28.8 Å². The van der Waals surface area contributed by atoms with E-state index in [1.54, 1.807) is 0 Å². The molecule has 1 atom stereocenters. The predicted molar refractivity (Wildman–Crippen MR) is 119 cm³/mol. The fraction of sp³-hybridized carbons (Fsp3) is 0.273. The maximum Gasteiger partial charge on any atom is 0.288 e. The van der Waals surface area contributed by atoms with Gasteiger partial charge in [0.15, 0.2) is 6.29 Å². The highest BCUT2D eigenvalue weighted by Gasteiger charge is 2.45. The summed E-state index contributed by atoms with van der Waals surface area (Å²) in [5.74, 6) is -1.96. The van der Waals surface area contributed by atoms with Gasteiger partial charge in [-0.2, -0.15) is 5.26 Å². The number of amides is 3. The molecule has 0 radical (unpaired) electrons. The van der Waals surface area contributed by atoms with Crippen molar-refractivity contribution in [2.75, 3.05) is 25.7 Å². The summed E-state index contributed by atoms with van der Waals surface area (Å²) in [5.41, 5.74) is 0.0271. The summed E-state index contributed by atoms with van der Waals surface area (Å²) >= 11 is 5.85. The first-order chi connectivity index (χ1) is 16.2. The minimum atomic E-state index is -1.21. The van der Waals surface area contributed by atoms with Crippen LogP contribution in [0.3, 0.4) is 0 Å². The van der Waals surface area contributed by atoms with E-state index in [0.29, 0.717) is 5.56 Å². The van der Waals surface area contributed by atoms with E-state index in [1.807, 2.05) is 6.07 Å². The quantitative estimate of drug-likeness (QED) is 0.239. The monoisotopic (exact) mass is 486 g/mol. The summed E-state index contributed by atoms with van der Waals surface area (Å²) in [7, 11) is 2.68. The van der Waals surface area contributed by atoms with Gasteiger partial charge in [0.25, 0.3) is 17.5 Å². The molecule has 1 unspecified atom stereocenters. The van der Waals surface area contributed by atoms with Gasteiger partial charge in [-0.05, 0) is 36.4 Å². The number of methoxy groups -OCH3 is 2. The van der Waals surface area contributed by atoms with Gasteiger partial charge in [0.2, 0.25) is 5.91 Å². The van der Waals surface area contributed by atoms with Gasteiger partial charge in [0.1, 0.15) is 11.1 Å². The number of carbonyl (C=O) groups excluding carboxylic acids is 3. The Labute approximate surface area is 199 Å². The third kappa shape index (κ3) is 4.89. The van der Waals surface area contributed by atoms with E-state index >= 15 is 0 Å².